The summed E-state index contributed by atoms with van der Waals surface area (Å²) in [5.74, 6) is -0.304. The third-order valence-corrected chi connectivity index (χ3v) is 4.92. The molecule has 0 spiro atoms. The zero-order valence-electron chi connectivity index (χ0n) is 11.9. The highest BCUT2D eigenvalue weighted by atomic mass is 35.5. The van der Waals surface area contributed by atoms with Crippen molar-refractivity contribution in [1.29, 1.82) is 0 Å². The van der Waals surface area contributed by atoms with Gasteiger partial charge in [0.15, 0.2) is 10.8 Å². The van der Waals surface area contributed by atoms with Crippen LogP contribution in [0, 0.1) is 6.92 Å². The van der Waals surface area contributed by atoms with E-state index in [0.717, 1.165) is 10.4 Å². The van der Waals surface area contributed by atoms with Gasteiger partial charge in [-0.25, -0.2) is 4.98 Å². The largest absolute Gasteiger partial charge is 0.296 e. The van der Waals surface area contributed by atoms with Crippen LogP contribution in [0.15, 0.2) is 18.2 Å². The molecule has 2 heterocycles. The van der Waals surface area contributed by atoms with Crippen LogP contribution in [0.25, 0.3) is 10.2 Å². The minimum atomic E-state index is -0.304. The van der Waals surface area contributed by atoms with E-state index in [1.165, 1.54) is 11.3 Å². The number of benzene rings is 1. The normalized spacial score (nSPS) is 11.1. The average Bonchev–Trinajstić information content (AvgIpc) is 3.07. The fourth-order valence-electron chi connectivity index (χ4n) is 2.10. The lowest BCUT2D eigenvalue weighted by molar-refractivity contribution is 0.102. The Kier molecular flexibility index (Phi) is 4.08. The van der Waals surface area contributed by atoms with Crippen molar-refractivity contribution < 1.29 is 4.79 Å². The molecule has 2 aromatic heterocycles. The first-order valence-electron chi connectivity index (χ1n) is 6.60. The van der Waals surface area contributed by atoms with Gasteiger partial charge in [-0.2, -0.15) is 5.10 Å². The molecule has 0 aliphatic rings. The first-order chi connectivity index (χ1) is 10.5. The van der Waals surface area contributed by atoms with Gasteiger partial charge in [0.05, 0.1) is 14.7 Å². The van der Waals surface area contributed by atoms with Crippen molar-refractivity contribution in [2.45, 2.75) is 20.4 Å². The standard InChI is InChI=1S/C14H12Cl2N4OS/c1-3-20-7(2)6-10(19-20)13(21)18-14-17-11-8(15)4-5-9(16)12(11)22-14/h4-6H,3H2,1-2H3,(H,17,18,21). The highest BCUT2D eigenvalue weighted by molar-refractivity contribution is 7.23. The lowest BCUT2D eigenvalue weighted by Crippen LogP contribution is -2.13. The molecule has 0 saturated carbocycles. The SMILES string of the molecule is CCn1nc(C(=O)Nc2nc3c(Cl)ccc(Cl)c3s2)cc1C. The monoisotopic (exact) mass is 354 g/mol. The number of thiazole rings is 1. The van der Waals surface area contributed by atoms with Crippen LogP contribution in [0.1, 0.15) is 23.1 Å². The lowest BCUT2D eigenvalue weighted by atomic mass is 10.3. The van der Waals surface area contributed by atoms with Gasteiger partial charge in [0.25, 0.3) is 5.91 Å². The van der Waals surface area contributed by atoms with Gasteiger partial charge in [-0.05, 0) is 32.0 Å². The summed E-state index contributed by atoms with van der Waals surface area (Å²) in [7, 11) is 0. The Balaban J connectivity index is 1.90. The predicted octanol–water partition coefficient (Wildman–Crippen LogP) is 4.38. The molecule has 1 aromatic carbocycles. The Hall–Kier alpha value is -1.63. The van der Waals surface area contributed by atoms with E-state index in [1.807, 2.05) is 13.8 Å². The molecule has 0 atom stereocenters. The molecular formula is C14H12Cl2N4OS. The number of hydrogen-bond donors (Lipinski definition) is 1. The lowest BCUT2D eigenvalue weighted by Gasteiger charge is -1.98. The Morgan fingerprint density at radius 1 is 1.36 bits per heavy atom. The number of aryl methyl sites for hydroxylation is 2. The maximum Gasteiger partial charge on any atom is 0.277 e. The zero-order chi connectivity index (χ0) is 15.9. The number of aromatic nitrogens is 3. The molecule has 0 radical (unpaired) electrons. The number of amides is 1. The van der Waals surface area contributed by atoms with Gasteiger partial charge in [-0.1, -0.05) is 34.5 Å². The smallest absolute Gasteiger partial charge is 0.277 e. The van der Waals surface area contributed by atoms with E-state index in [9.17, 15) is 4.79 Å². The second-order valence-electron chi connectivity index (χ2n) is 4.67. The van der Waals surface area contributed by atoms with Gasteiger partial charge in [-0.15, -0.1) is 0 Å². The topological polar surface area (TPSA) is 59.8 Å². The summed E-state index contributed by atoms with van der Waals surface area (Å²) in [5.41, 5.74) is 1.88. The van der Waals surface area contributed by atoms with E-state index in [0.29, 0.717) is 32.9 Å². The zero-order valence-corrected chi connectivity index (χ0v) is 14.2. The summed E-state index contributed by atoms with van der Waals surface area (Å²) in [6.45, 7) is 4.59. The molecule has 3 rings (SSSR count). The molecule has 1 amide bonds. The number of nitrogens with one attached hydrogen (secondary N) is 1. The van der Waals surface area contributed by atoms with E-state index >= 15 is 0 Å². The summed E-state index contributed by atoms with van der Waals surface area (Å²) < 4.78 is 2.51. The summed E-state index contributed by atoms with van der Waals surface area (Å²) in [6, 6.07) is 5.14. The predicted molar refractivity (Wildman–Crippen MR) is 90.2 cm³/mol. The molecule has 0 aliphatic heterocycles. The van der Waals surface area contributed by atoms with Gasteiger partial charge >= 0.3 is 0 Å². The summed E-state index contributed by atoms with van der Waals surface area (Å²) in [4.78, 5) is 16.6. The Bertz CT molecular complexity index is 832. The molecule has 0 saturated heterocycles. The van der Waals surface area contributed by atoms with Crippen molar-refractivity contribution in [3.8, 4) is 0 Å². The first kappa shape index (κ1) is 15.3. The van der Waals surface area contributed by atoms with Gasteiger partial charge in [0.2, 0.25) is 0 Å². The number of fused-ring (bicyclic) bond motifs is 1. The number of anilines is 1. The summed E-state index contributed by atoms with van der Waals surface area (Å²) in [5, 5.41) is 8.49. The molecule has 5 nitrogen and oxygen atoms in total. The number of carbonyl (C=O) groups is 1. The number of carbonyl (C=O) groups excluding carboxylic acids is 1. The third-order valence-electron chi connectivity index (χ3n) is 3.18. The number of hydrogen-bond acceptors (Lipinski definition) is 4. The van der Waals surface area contributed by atoms with Crippen LogP contribution in [0.4, 0.5) is 5.13 Å². The molecule has 0 aliphatic carbocycles. The average molecular weight is 355 g/mol. The van der Waals surface area contributed by atoms with Crippen molar-refractivity contribution in [3.63, 3.8) is 0 Å². The molecule has 0 fully saturated rings. The van der Waals surface area contributed by atoms with Crippen LogP contribution in [-0.4, -0.2) is 20.7 Å². The maximum atomic E-state index is 12.3. The van der Waals surface area contributed by atoms with Gasteiger partial charge < -0.3 is 0 Å². The molecule has 0 unspecified atom stereocenters. The van der Waals surface area contributed by atoms with E-state index in [4.69, 9.17) is 23.2 Å². The van der Waals surface area contributed by atoms with Gasteiger partial charge in [-0.3, -0.25) is 14.8 Å². The quantitative estimate of drug-likeness (QED) is 0.758. The minimum Gasteiger partial charge on any atom is -0.296 e. The fraction of sp³-hybridized carbons (Fsp3) is 0.214. The second-order valence-corrected chi connectivity index (χ2v) is 6.48. The fourth-order valence-corrected chi connectivity index (χ4v) is 3.52. The summed E-state index contributed by atoms with van der Waals surface area (Å²) >= 11 is 13.5. The molecule has 3 aromatic rings. The van der Waals surface area contributed by atoms with E-state index < -0.39 is 0 Å². The van der Waals surface area contributed by atoms with Gasteiger partial charge in [0, 0.05) is 12.2 Å². The second kappa shape index (κ2) is 5.87. The van der Waals surface area contributed by atoms with Crippen LogP contribution >= 0.6 is 34.5 Å². The third kappa shape index (κ3) is 2.69. The van der Waals surface area contributed by atoms with E-state index in [-0.39, 0.29) is 5.91 Å². The molecule has 8 heteroatoms. The van der Waals surface area contributed by atoms with Crippen LogP contribution in [-0.2, 0) is 6.54 Å². The highest BCUT2D eigenvalue weighted by Gasteiger charge is 2.16. The Labute approximate surface area is 140 Å². The highest BCUT2D eigenvalue weighted by Crippen LogP contribution is 2.36. The number of nitrogens with zero attached hydrogens (tertiary/aromatic N) is 3. The molecule has 1 N–H and O–H groups in total. The molecule has 114 valence electrons. The summed E-state index contributed by atoms with van der Waals surface area (Å²) in [6.07, 6.45) is 0. The van der Waals surface area contributed by atoms with E-state index in [2.05, 4.69) is 15.4 Å². The molecule has 0 bridgehead atoms. The van der Waals surface area contributed by atoms with Crippen molar-refractivity contribution in [2.24, 2.45) is 0 Å². The first-order valence-corrected chi connectivity index (χ1v) is 8.17. The molecule has 22 heavy (non-hydrogen) atoms. The number of rotatable bonds is 3. The van der Waals surface area contributed by atoms with Crippen LogP contribution < -0.4 is 5.32 Å². The Morgan fingerprint density at radius 3 is 2.73 bits per heavy atom. The van der Waals surface area contributed by atoms with Crippen LogP contribution in [0.2, 0.25) is 10.0 Å². The van der Waals surface area contributed by atoms with Crippen molar-refractivity contribution >= 4 is 55.8 Å². The van der Waals surface area contributed by atoms with Crippen molar-refractivity contribution in [2.75, 3.05) is 5.32 Å². The minimum absolute atomic E-state index is 0.304. The van der Waals surface area contributed by atoms with Crippen LogP contribution in [0.5, 0.6) is 0 Å². The van der Waals surface area contributed by atoms with Gasteiger partial charge in [0.1, 0.15) is 5.52 Å². The number of halogens is 2. The van der Waals surface area contributed by atoms with Crippen molar-refractivity contribution in [3.05, 3.63) is 39.6 Å². The molecular weight excluding hydrogens is 343 g/mol. The Morgan fingerprint density at radius 2 is 2.09 bits per heavy atom. The van der Waals surface area contributed by atoms with E-state index in [1.54, 1.807) is 22.9 Å². The van der Waals surface area contributed by atoms with Crippen LogP contribution in [0.3, 0.4) is 0 Å². The van der Waals surface area contributed by atoms with Crippen molar-refractivity contribution in [1.82, 2.24) is 14.8 Å². The maximum absolute atomic E-state index is 12.3.